The molecule has 6 heteroatoms. The van der Waals surface area contributed by atoms with Crippen LogP contribution in [0.4, 0.5) is 5.82 Å². The molecule has 0 saturated heterocycles. The van der Waals surface area contributed by atoms with Crippen molar-refractivity contribution in [2.75, 3.05) is 11.9 Å². The third-order valence-electron chi connectivity index (χ3n) is 7.31. The summed E-state index contributed by atoms with van der Waals surface area (Å²) in [5, 5.41) is 3.05. The number of aromatic nitrogens is 2. The number of benzene rings is 3. The Morgan fingerprint density at radius 1 is 0.850 bits per heavy atom. The van der Waals surface area contributed by atoms with E-state index in [0.29, 0.717) is 24.9 Å². The Labute approximate surface area is 236 Å². The molecule has 1 fully saturated rings. The summed E-state index contributed by atoms with van der Waals surface area (Å²) < 4.78 is 11.5. The van der Waals surface area contributed by atoms with E-state index >= 15 is 0 Å². The van der Waals surface area contributed by atoms with Gasteiger partial charge in [-0.05, 0) is 66.8 Å². The van der Waals surface area contributed by atoms with E-state index in [0.717, 1.165) is 46.0 Å². The predicted octanol–water partition coefficient (Wildman–Crippen LogP) is 7.43. The minimum Gasteiger partial charge on any atom is -0.494 e. The van der Waals surface area contributed by atoms with Crippen molar-refractivity contribution in [2.45, 2.75) is 58.5 Å². The lowest BCUT2D eigenvalue weighted by atomic mass is 9.86. The minimum absolute atomic E-state index is 0.106. The van der Waals surface area contributed by atoms with Crippen molar-refractivity contribution in [2.24, 2.45) is 5.92 Å². The van der Waals surface area contributed by atoms with Gasteiger partial charge in [-0.25, -0.2) is 9.97 Å². The zero-order valence-electron chi connectivity index (χ0n) is 23.1. The fourth-order valence-electron chi connectivity index (χ4n) is 5.17. The minimum atomic E-state index is -0.106. The van der Waals surface area contributed by atoms with E-state index in [9.17, 15) is 4.79 Å². The molecule has 0 atom stereocenters. The molecule has 1 aliphatic carbocycles. The monoisotopic (exact) mass is 535 g/mol. The topological polar surface area (TPSA) is 73.3 Å². The highest BCUT2D eigenvalue weighted by atomic mass is 16.5. The van der Waals surface area contributed by atoms with Gasteiger partial charge in [0.05, 0.1) is 30.6 Å². The Hall–Kier alpha value is -4.19. The summed E-state index contributed by atoms with van der Waals surface area (Å²) in [7, 11) is 0. The second-order valence-corrected chi connectivity index (χ2v) is 10.4. The molecule has 6 nitrogen and oxygen atoms in total. The van der Waals surface area contributed by atoms with Crippen molar-refractivity contribution in [3.63, 3.8) is 0 Å². The number of carbonyl (C=O) groups is 1. The zero-order chi connectivity index (χ0) is 27.6. The van der Waals surface area contributed by atoms with Crippen molar-refractivity contribution >= 4 is 11.7 Å². The van der Waals surface area contributed by atoms with E-state index in [1.807, 2.05) is 85.8 Å². The molecule has 0 bridgehead atoms. The predicted molar refractivity (Wildman–Crippen MR) is 158 cm³/mol. The average molecular weight is 536 g/mol. The first kappa shape index (κ1) is 27.4. The Morgan fingerprint density at radius 2 is 1.55 bits per heavy atom. The molecule has 1 saturated carbocycles. The molecule has 206 valence electrons. The number of rotatable bonds is 11. The van der Waals surface area contributed by atoms with Crippen LogP contribution in [0.5, 0.6) is 11.5 Å². The molecule has 1 amide bonds. The van der Waals surface area contributed by atoms with Crippen LogP contribution in [-0.2, 0) is 24.2 Å². The Kier molecular flexibility index (Phi) is 9.41. The molecule has 40 heavy (non-hydrogen) atoms. The van der Waals surface area contributed by atoms with E-state index in [-0.39, 0.29) is 12.3 Å². The van der Waals surface area contributed by atoms with Gasteiger partial charge >= 0.3 is 0 Å². The molecule has 4 aromatic rings. The maximum absolute atomic E-state index is 13.1. The van der Waals surface area contributed by atoms with Gasteiger partial charge < -0.3 is 14.8 Å². The summed E-state index contributed by atoms with van der Waals surface area (Å²) in [6.45, 7) is 3.11. The number of hydrogen-bond acceptors (Lipinski definition) is 5. The van der Waals surface area contributed by atoms with Crippen LogP contribution in [0.3, 0.4) is 0 Å². The van der Waals surface area contributed by atoms with Gasteiger partial charge in [-0.1, -0.05) is 74.6 Å². The molecule has 3 aromatic carbocycles. The van der Waals surface area contributed by atoms with Crippen LogP contribution < -0.4 is 14.8 Å². The zero-order valence-corrected chi connectivity index (χ0v) is 23.1. The number of nitrogens with one attached hydrogen (secondary N) is 1. The fraction of sp³-hybridized carbons (Fsp3) is 0.324. The van der Waals surface area contributed by atoms with E-state index in [4.69, 9.17) is 14.5 Å². The molecular formula is C34H37N3O3. The Morgan fingerprint density at radius 3 is 2.27 bits per heavy atom. The SMILES string of the molecule is CCOc1ccc(-c2cnc(NC(=O)Cc3ccc(OCc4ccccc4)cc3)c(CC3CCCCC3)n2)cc1. The highest BCUT2D eigenvalue weighted by Crippen LogP contribution is 2.30. The standard InChI is InChI=1S/C34H37N3O3/c1-2-39-29-19-15-28(16-20-29)32-23-35-34(31(36-32)21-25-9-5-3-6-10-25)37-33(38)22-26-13-17-30(18-14-26)40-24-27-11-7-4-8-12-27/h4,7-8,11-20,23,25H,2-3,5-6,9-10,21-22,24H2,1H3,(H,35,37,38). The van der Waals surface area contributed by atoms with E-state index in [1.54, 1.807) is 6.20 Å². The van der Waals surface area contributed by atoms with Gasteiger partial charge in [0.1, 0.15) is 18.1 Å². The van der Waals surface area contributed by atoms with Crippen LogP contribution in [0, 0.1) is 5.92 Å². The second-order valence-electron chi connectivity index (χ2n) is 10.4. The average Bonchev–Trinajstić information content (AvgIpc) is 2.99. The summed E-state index contributed by atoms with van der Waals surface area (Å²) >= 11 is 0. The molecule has 1 aromatic heterocycles. The number of anilines is 1. The number of amides is 1. The molecule has 0 aliphatic heterocycles. The van der Waals surface area contributed by atoms with Crippen molar-refractivity contribution < 1.29 is 14.3 Å². The van der Waals surface area contributed by atoms with Gasteiger partial charge in [0, 0.05) is 5.56 Å². The first-order chi connectivity index (χ1) is 19.7. The molecule has 1 heterocycles. The maximum atomic E-state index is 13.1. The van der Waals surface area contributed by atoms with Gasteiger partial charge in [0.2, 0.25) is 5.91 Å². The van der Waals surface area contributed by atoms with Crippen LogP contribution in [0.15, 0.2) is 85.1 Å². The number of carbonyl (C=O) groups excluding carboxylic acids is 1. The molecule has 1 aliphatic rings. The van der Waals surface area contributed by atoms with Crippen LogP contribution in [0.2, 0.25) is 0 Å². The quantitative estimate of drug-likeness (QED) is 0.216. The maximum Gasteiger partial charge on any atom is 0.229 e. The third-order valence-corrected chi connectivity index (χ3v) is 7.31. The van der Waals surface area contributed by atoms with Gasteiger partial charge in [0.25, 0.3) is 0 Å². The normalized spacial score (nSPS) is 13.5. The summed E-state index contributed by atoms with van der Waals surface area (Å²) in [4.78, 5) is 22.7. The van der Waals surface area contributed by atoms with Crippen molar-refractivity contribution in [1.29, 1.82) is 0 Å². The summed E-state index contributed by atoms with van der Waals surface area (Å²) in [5.74, 6) is 2.64. The Balaban J connectivity index is 1.25. The molecular weight excluding hydrogens is 498 g/mol. The van der Waals surface area contributed by atoms with Crippen molar-refractivity contribution in [3.05, 3.63) is 102 Å². The van der Waals surface area contributed by atoms with E-state index in [1.165, 1.54) is 32.1 Å². The molecule has 0 unspecified atom stereocenters. The van der Waals surface area contributed by atoms with Gasteiger partial charge in [-0.2, -0.15) is 0 Å². The largest absolute Gasteiger partial charge is 0.494 e. The van der Waals surface area contributed by atoms with Gasteiger partial charge in [-0.15, -0.1) is 0 Å². The molecule has 5 rings (SSSR count). The second kappa shape index (κ2) is 13.7. The number of nitrogens with zero attached hydrogens (tertiary/aromatic N) is 2. The highest BCUT2D eigenvalue weighted by Gasteiger charge is 2.19. The van der Waals surface area contributed by atoms with E-state index in [2.05, 4.69) is 10.3 Å². The first-order valence-electron chi connectivity index (χ1n) is 14.3. The van der Waals surface area contributed by atoms with E-state index < -0.39 is 0 Å². The Bertz CT molecular complexity index is 1370. The van der Waals surface area contributed by atoms with Crippen LogP contribution >= 0.6 is 0 Å². The van der Waals surface area contributed by atoms with Crippen molar-refractivity contribution in [3.8, 4) is 22.8 Å². The van der Waals surface area contributed by atoms with Gasteiger partial charge in [-0.3, -0.25) is 4.79 Å². The smallest absolute Gasteiger partial charge is 0.229 e. The first-order valence-corrected chi connectivity index (χ1v) is 14.3. The lowest BCUT2D eigenvalue weighted by molar-refractivity contribution is -0.115. The van der Waals surface area contributed by atoms with Gasteiger partial charge in [0.15, 0.2) is 5.82 Å². The third kappa shape index (κ3) is 7.69. The highest BCUT2D eigenvalue weighted by molar-refractivity contribution is 5.92. The summed E-state index contributed by atoms with van der Waals surface area (Å²) in [6, 6.07) is 25.7. The summed E-state index contributed by atoms with van der Waals surface area (Å²) in [5.41, 5.74) is 4.67. The molecule has 0 radical (unpaired) electrons. The van der Waals surface area contributed by atoms with Crippen LogP contribution in [0.25, 0.3) is 11.3 Å². The van der Waals surface area contributed by atoms with Crippen molar-refractivity contribution in [1.82, 2.24) is 9.97 Å². The number of ether oxygens (including phenoxy) is 2. The number of hydrogen-bond donors (Lipinski definition) is 1. The lowest BCUT2D eigenvalue weighted by Crippen LogP contribution is -2.19. The van der Waals surface area contributed by atoms with Crippen LogP contribution in [-0.4, -0.2) is 22.5 Å². The molecule has 0 spiro atoms. The lowest BCUT2D eigenvalue weighted by Gasteiger charge is -2.22. The molecule has 1 N–H and O–H groups in total. The fourth-order valence-corrected chi connectivity index (χ4v) is 5.17. The van der Waals surface area contributed by atoms with Crippen LogP contribution in [0.1, 0.15) is 55.8 Å². The summed E-state index contributed by atoms with van der Waals surface area (Å²) in [6.07, 6.45) is 9.02.